The number of rotatable bonds is 2. The maximum Gasteiger partial charge on any atom is 0.332 e. The second-order valence-electron chi connectivity index (χ2n) is 3.36. The predicted molar refractivity (Wildman–Crippen MR) is 41.8 cm³/mol. The van der Waals surface area contributed by atoms with Crippen molar-refractivity contribution in [2.24, 2.45) is 5.41 Å². The summed E-state index contributed by atoms with van der Waals surface area (Å²) in [5.41, 5.74) is -0.446. The van der Waals surface area contributed by atoms with Crippen LogP contribution in [-0.2, 0) is 9.53 Å². The fourth-order valence-electron chi connectivity index (χ4n) is 0.335. The van der Waals surface area contributed by atoms with Crippen LogP contribution in [0, 0.1) is 5.41 Å². The normalized spacial score (nSPS) is 13.8. The Bertz CT molecular complexity index is 155. The summed E-state index contributed by atoms with van der Waals surface area (Å²) in [6.45, 7) is 8.53. The topological polar surface area (TPSA) is 46.5 Å². The molecule has 0 aliphatic carbocycles. The molecular formula is C8H14O3. The van der Waals surface area contributed by atoms with E-state index < -0.39 is 17.7 Å². The first-order valence-corrected chi connectivity index (χ1v) is 3.39. The van der Waals surface area contributed by atoms with Gasteiger partial charge in [0.1, 0.15) is 0 Å². The van der Waals surface area contributed by atoms with Crippen molar-refractivity contribution in [3.05, 3.63) is 12.7 Å². The van der Waals surface area contributed by atoms with E-state index in [0.717, 1.165) is 6.08 Å². The lowest BCUT2D eigenvalue weighted by atomic mass is 9.96. The van der Waals surface area contributed by atoms with E-state index in [9.17, 15) is 9.90 Å². The molecule has 0 radical (unpaired) electrons. The molecule has 0 aromatic rings. The second-order valence-corrected chi connectivity index (χ2v) is 3.36. The Morgan fingerprint density at radius 2 is 2.09 bits per heavy atom. The average molecular weight is 158 g/mol. The molecule has 1 N–H and O–H groups in total. The Hall–Kier alpha value is -0.830. The van der Waals surface area contributed by atoms with Crippen LogP contribution < -0.4 is 0 Å². The molecule has 0 aliphatic rings. The van der Waals surface area contributed by atoms with Crippen LogP contribution in [-0.4, -0.2) is 17.4 Å². The van der Waals surface area contributed by atoms with Crippen LogP contribution >= 0.6 is 0 Å². The molecule has 0 heterocycles. The van der Waals surface area contributed by atoms with Crippen LogP contribution in [0.2, 0.25) is 0 Å². The summed E-state index contributed by atoms with van der Waals surface area (Å²) in [4.78, 5) is 10.6. The van der Waals surface area contributed by atoms with Gasteiger partial charge in [-0.05, 0) is 0 Å². The van der Waals surface area contributed by atoms with Gasteiger partial charge in [0.15, 0.2) is 0 Å². The number of carbonyl (C=O) groups excluding carboxylic acids is 1. The van der Waals surface area contributed by atoms with Crippen molar-refractivity contribution >= 4 is 5.97 Å². The van der Waals surface area contributed by atoms with Crippen molar-refractivity contribution in [1.29, 1.82) is 0 Å². The molecular weight excluding hydrogens is 144 g/mol. The standard InChI is InChI=1S/C8H14O3/c1-5-6(9)11-7(10)8(2,3)4/h5,7,10H,1H2,2-4H3. The molecule has 11 heavy (non-hydrogen) atoms. The van der Waals surface area contributed by atoms with Gasteiger partial charge in [-0.2, -0.15) is 0 Å². The molecule has 0 spiro atoms. The highest BCUT2D eigenvalue weighted by atomic mass is 16.6. The van der Waals surface area contributed by atoms with Crippen molar-refractivity contribution in [3.8, 4) is 0 Å². The van der Waals surface area contributed by atoms with E-state index in [-0.39, 0.29) is 0 Å². The van der Waals surface area contributed by atoms with Crippen molar-refractivity contribution in [2.75, 3.05) is 0 Å². The molecule has 3 nitrogen and oxygen atoms in total. The number of aliphatic hydroxyl groups is 1. The van der Waals surface area contributed by atoms with E-state index in [1.54, 1.807) is 20.8 Å². The first kappa shape index (κ1) is 10.2. The van der Waals surface area contributed by atoms with E-state index in [1.807, 2.05) is 0 Å². The first-order chi connectivity index (χ1) is 4.88. The fourth-order valence-corrected chi connectivity index (χ4v) is 0.335. The molecule has 0 amide bonds. The van der Waals surface area contributed by atoms with Gasteiger partial charge in [0.25, 0.3) is 0 Å². The summed E-state index contributed by atoms with van der Waals surface area (Å²) in [5, 5.41) is 9.20. The van der Waals surface area contributed by atoms with Gasteiger partial charge in [-0.25, -0.2) is 4.79 Å². The smallest absolute Gasteiger partial charge is 0.332 e. The molecule has 0 rings (SSSR count). The first-order valence-electron chi connectivity index (χ1n) is 3.39. The summed E-state index contributed by atoms with van der Waals surface area (Å²) < 4.78 is 4.56. The lowest BCUT2D eigenvalue weighted by molar-refractivity contribution is -0.180. The van der Waals surface area contributed by atoms with Crippen LogP contribution in [0.15, 0.2) is 12.7 Å². The van der Waals surface area contributed by atoms with Gasteiger partial charge >= 0.3 is 5.97 Å². The van der Waals surface area contributed by atoms with E-state index in [2.05, 4.69) is 11.3 Å². The van der Waals surface area contributed by atoms with Gasteiger partial charge in [-0.1, -0.05) is 27.4 Å². The summed E-state index contributed by atoms with van der Waals surface area (Å²) in [6, 6.07) is 0. The average Bonchev–Trinajstić information content (AvgIpc) is 1.85. The molecule has 1 unspecified atom stereocenters. The van der Waals surface area contributed by atoms with Gasteiger partial charge in [0.2, 0.25) is 6.29 Å². The van der Waals surface area contributed by atoms with E-state index in [0.29, 0.717) is 0 Å². The Morgan fingerprint density at radius 3 is 2.36 bits per heavy atom. The van der Waals surface area contributed by atoms with Crippen molar-refractivity contribution in [2.45, 2.75) is 27.1 Å². The lowest BCUT2D eigenvalue weighted by Crippen LogP contribution is -2.30. The Labute approximate surface area is 66.7 Å². The SMILES string of the molecule is C=CC(=O)OC(O)C(C)(C)C. The molecule has 0 fully saturated rings. The van der Waals surface area contributed by atoms with Gasteiger partial charge in [0, 0.05) is 11.5 Å². The lowest BCUT2D eigenvalue weighted by Gasteiger charge is -2.24. The van der Waals surface area contributed by atoms with E-state index >= 15 is 0 Å². The summed E-state index contributed by atoms with van der Waals surface area (Å²) in [7, 11) is 0. The quantitative estimate of drug-likeness (QED) is 0.371. The zero-order valence-corrected chi connectivity index (χ0v) is 7.13. The summed E-state index contributed by atoms with van der Waals surface area (Å²) >= 11 is 0. The Kier molecular flexibility index (Phi) is 3.26. The Morgan fingerprint density at radius 1 is 1.64 bits per heavy atom. The molecule has 0 aromatic carbocycles. The summed E-state index contributed by atoms with van der Waals surface area (Å²) in [5.74, 6) is -0.604. The van der Waals surface area contributed by atoms with Crippen molar-refractivity contribution in [3.63, 3.8) is 0 Å². The minimum absolute atomic E-state index is 0.446. The maximum atomic E-state index is 10.6. The largest absolute Gasteiger partial charge is 0.432 e. The van der Waals surface area contributed by atoms with Crippen LogP contribution in [0.3, 0.4) is 0 Å². The second kappa shape index (κ2) is 3.53. The molecule has 1 atom stereocenters. The van der Waals surface area contributed by atoms with E-state index in [1.165, 1.54) is 0 Å². The fraction of sp³-hybridized carbons (Fsp3) is 0.625. The van der Waals surface area contributed by atoms with E-state index in [4.69, 9.17) is 0 Å². The van der Waals surface area contributed by atoms with Crippen LogP contribution in [0.25, 0.3) is 0 Å². The van der Waals surface area contributed by atoms with Crippen LogP contribution in [0.4, 0.5) is 0 Å². The molecule has 0 aliphatic heterocycles. The zero-order valence-electron chi connectivity index (χ0n) is 7.13. The highest BCUT2D eigenvalue weighted by Crippen LogP contribution is 2.19. The molecule has 0 saturated heterocycles. The number of esters is 1. The molecule has 3 heteroatoms. The minimum Gasteiger partial charge on any atom is -0.432 e. The zero-order chi connectivity index (χ0) is 9.07. The third-order valence-corrected chi connectivity index (χ3v) is 1.14. The molecule has 0 bridgehead atoms. The van der Waals surface area contributed by atoms with Gasteiger partial charge in [0.05, 0.1) is 0 Å². The predicted octanol–water partition coefficient (Wildman–Crippen LogP) is 1.08. The number of ether oxygens (including phenoxy) is 1. The number of hydrogen-bond donors (Lipinski definition) is 1. The molecule has 0 saturated carbocycles. The van der Waals surface area contributed by atoms with Gasteiger partial charge < -0.3 is 9.84 Å². The number of carbonyl (C=O) groups is 1. The number of aliphatic hydroxyl groups excluding tert-OH is 1. The molecule has 64 valence electrons. The van der Waals surface area contributed by atoms with Crippen molar-refractivity contribution in [1.82, 2.24) is 0 Å². The molecule has 0 aromatic heterocycles. The monoisotopic (exact) mass is 158 g/mol. The highest BCUT2D eigenvalue weighted by Gasteiger charge is 2.24. The van der Waals surface area contributed by atoms with Crippen molar-refractivity contribution < 1.29 is 14.6 Å². The summed E-state index contributed by atoms with van der Waals surface area (Å²) in [6.07, 6.45) is -0.0531. The third kappa shape index (κ3) is 3.78. The van der Waals surface area contributed by atoms with Gasteiger partial charge in [-0.15, -0.1) is 0 Å². The Balaban J connectivity index is 3.97. The minimum atomic E-state index is -1.08. The number of hydrogen-bond acceptors (Lipinski definition) is 3. The highest BCUT2D eigenvalue weighted by molar-refractivity contribution is 5.81. The van der Waals surface area contributed by atoms with Crippen LogP contribution in [0.1, 0.15) is 20.8 Å². The van der Waals surface area contributed by atoms with Crippen LogP contribution in [0.5, 0.6) is 0 Å². The third-order valence-electron chi connectivity index (χ3n) is 1.14. The van der Waals surface area contributed by atoms with Gasteiger partial charge in [-0.3, -0.25) is 0 Å². The maximum absolute atomic E-state index is 10.6.